The average molecular weight is 466 g/mol. The van der Waals surface area contributed by atoms with Gasteiger partial charge in [0.05, 0.1) is 28.8 Å². The summed E-state index contributed by atoms with van der Waals surface area (Å²) in [5.74, 6) is -1.71. The van der Waals surface area contributed by atoms with Crippen LogP contribution in [0.15, 0.2) is 47.0 Å². The highest BCUT2D eigenvalue weighted by atomic mass is 35.5. The van der Waals surface area contributed by atoms with E-state index >= 15 is 0 Å². The maximum atomic E-state index is 12.6. The monoisotopic (exact) mass is 465 g/mol. The van der Waals surface area contributed by atoms with Crippen LogP contribution in [0, 0.1) is 10.1 Å². The number of rotatable bonds is 7. The topological polar surface area (TPSA) is 137 Å². The second-order valence-corrected chi connectivity index (χ2v) is 7.57. The Balaban J connectivity index is 1.92. The van der Waals surface area contributed by atoms with Gasteiger partial charge < -0.3 is 20.1 Å². The summed E-state index contributed by atoms with van der Waals surface area (Å²) in [5, 5.41) is 18.2. The number of carbonyl (C=O) groups excluding carboxylic acids is 3. The highest BCUT2D eigenvalue weighted by Crippen LogP contribution is 2.31. The summed E-state index contributed by atoms with van der Waals surface area (Å²) >= 11 is 7.08. The van der Waals surface area contributed by atoms with Gasteiger partial charge in [0.1, 0.15) is 12.2 Å². The molecule has 1 atom stereocenters. The zero-order valence-corrected chi connectivity index (χ0v) is 17.6. The van der Waals surface area contributed by atoms with E-state index in [0.29, 0.717) is 4.88 Å². The largest absolute Gasteiger partial charge is 0.463 e. The Bertz CT molecular complexity index is 1070. The predicted molar refractivity (Wildman–Crippen MR) is 111 cm³/mol. The van der Waals surface area contributed by atoms with Crippen LogP contribution in [-0.2, 0) is 14.3 Å². The number of nitro groups is 1. The molecule has 0 radical (unpaired) electrons. The Morgan fingerprint density at radius 1 is 1.26 bits per heavy atom. The number of amides is 2. The summed E-state index contributed by atoms with van der Waals surface area (Å²) in [6.45, 7) is 1.21. The number of nitrogens with one attached hydrogen (secondary N) is 2. The van der Waals surface area contributed by atoms with Crippen LogP contribution in [0.5, 0.6) is 0 Å². The number of nitro benzene ring substituents is 1. The molecule has 2 N–H and O–H groups in total. The van der Waals surface area contributed by atoms with E-state index in [1.807, 2.05) is 0 Å². The normalized spacial score (nSPS) is 15.7. The molecule has 2 aromatic rings. The number of hydrogen-bond donors (Lipinski definition) is 2. The van der Waals surface area contributed by atoms with Crippen molar-refractivity contribution in [3.63, 3.8) is 0 Å². The van der Waals surface area contributed by atoms with E-state index in [9.17, 15) is 24.5 Å². The number of halogens is 1. The number of thiophene rings is 1. The van der Waals surface area contributed by atoms with Crippen molar-refractivity contribution in [1.29, 1.82) is 0 Å². The fraction of sp³-hybridized carbons (Fsp3) is 0.211. The fourth-order valence-electron chi connectivity index (χ4n) is 2.89. The summed E-state index contributed by atoms with van der Waals surface area (Å²) in [6.07, 6.45) is 0. The van der Waals surface area contributed by atoms with Crippen molar-refractivity contribution in [1.82, 2.24) is 10.6 Å². The van der Waals surface area contributed by atoms with E-state index in [0.717, 1.165) is 6.07 Å². The van der Waals surface area contributed by atoms with E-state index in [4.69, 9.17) is 21.1 Å². The van der Waals surface area contributed by atoms with Crippen LogP contribution >= 0.6 is 22.9 Å². The summed E-state index contributed by atoms with van der Waals surface area (Å²) in [4.78, 5) is 48.4. The Hall–Kier alpha value is -3.44. The molecule has 1 aliphatic rings. The van der Waals surface area contributed by atoms with Gasteiger partial charge in [0.15, 0.2) is 0 Å². The summed E-state index contributed by atoms with van der Waals surface area (Å²) in [6, 6.07) is 5.60. The summed E-state index contributed by atoms with van der Waals surface area (Å²) in [5.41, 5.74) is -0.751. The summed E-state index contributed by atoms with van der Waals surface area (Å²) in [7, 11) is 0. The number of nitrogens with zero attached hydrogens (tertiary/aromatic N) is 1. The molecule has 162 valence electrons. The number of benzene rings is 1. The molecular weight excluding hydrogens is 450 g/mol. The molecule has 31 heavy (non-hydrogen) atoms. The Labute approximate surface area is 184 Å². The van der Waals surface area contributed by atoms with Crippen molar-refractivity contribution in [2.24, 2.45) is 0 Å². The molecule has 2 amide bonds. The lowest BCUT2D eigenvalue weighted by Crippen LogP contribution is -2.46. The first kappa shape index (κ1) is 22.2. The van der Waals surface area contributed by atoms with Crippen molar-refractivity contribution in [2.75, 3.05) is 13.2 Å². The van der Waals surface area contributed by atoms with Gasteiger partial charge in [-0.05, 0) is 30.5 Å². The molecule has 3 rings (SSSR count). The minimum atomic E-state index is -1.01. The minimum absolute atomic E-state index is 0.0190. The third-order valence-electron chi connectivity index (χ3n) is 4.20. The van der Waals surface area contributed by atoms with Gasteiger partial charge in [-0.1, -0.05) is 17.7 Å². The molecule has 0 bridgehead atoms. The van der Waals surface area contributed by atoms with Crippen molar-refractivity contribution in [3.05, 3.63) is 72.6 Å². The minimum Gasteiger partial charge on any atom is -0.463 e. The number of urea groups is 1. The Kier molecular flexibility index (Phi) is 6.88. The first-order valence-electron chi connectivity index (χ1n) is 8.94. The second kappa shape index (κ2) is 9.58. The molecule has 2 heterocycles. The lowest BCUT2D eigenvalue weighted by atomic mass is 10.0. The highest BCUT2D eigenvalue weighted by molar-refractivity contribution is 7.10. The van der Waals surface area contributed by atoms with Gasteiger partial charge in [-0.25, -0.2) is 14.4 Å². The number of carbonyl (C=O) groups is 3. The average Bonchev–Trinajstić information content (AvgIpc) is 3.26. The third-order valence-corrected chi connectivity index (χ3v) is 5.37. The lowest BCUT2D eigenvalue weighted by Gasteiger charge is -2.28. The number of ether oxygens (including phenoxy) is 2. The van der Waals surface area contributed by atoms with Gasteiger partial charge in [-0.15, -0.1) is 11.3 Å². The Morgan fingerprint density at radius 2 is 2.03 bits per heavy atom. The van der Waals surface area contributed by atoms with Crippen LogP contribution in [0.2, 0.25) is 5.02 Å². The molecule has 0 saturated heterocycles. The zero-order chi connectivity index (χ0) is 22.5. The third kappa shape index (κ3) is 5.01. The molecule has 0 fully saturated rings. The van der Waals surface area contributed by atoms with Crippen LogP contribution in [0.4, 0.5) is 10.5 Å². The molecular formula is C19H16ClN3O7S. The van der Waals surface area contributed by atoms with Gasteiger partial charge >= 0.3 is 18.0 Å². The SMILES string of the molecule is CCOC(=O)C1=C(COC(=O)c2ccc(Cl)cc2[N+](=O)[O-])NC(=O)N[C@@H]1c1cccs1. The van der Waals surface area contributed by atoms with Gasteiger partial charge in [-0.3, -0.25) is 10.1 Å². The van der Waals surface area contributed by atoms with E-state index in [1.54, 1.807) is 24.4 Å². The van der Waals surface area contributed by atoms with E-state index in [1.165, 1.54) is 23.5 Å². The van der Waals surface area contributed by atoms with Crippen molar-refractivity contribution >= 4 is 46.6 Å². The molecule has 0 saturated carbocycles. The molecule has 0 spiro atoms. The first-order chi connectivity index (χ1) is 14.8. The van der Waals surface area contributed by atoms with E-state index in [-0.39, 0.29) is 28.5 Å². The quantitative estimate of drug-likeness (QED) is 0.363. The molecule has 1 aromatic carbocycles. The van der Waals surface area contributed by atoms with Gasteiger partial charge in [0.25, 0.3) is 5.69 Å². The van der Waals surface area contributed by atoms with Gasteiger partial charge in [-0.2, -0.15) is 0 Å². The van der Waals surface area contributed by atoms with Crippen LogP contribution < -0.4 is 10.6 Å². The summed E-state index contributed by atoms with van der Waals surface area (Å²) < 4.78 is 10.3. The first-order valence-corrected chi connectivity index (χ1v) is 10.2. The smallest absolute Gasteiger partial charge is 0.345 e. The fourth-order valence-corrected chi connectivity index (χ4v) is 3.85. The number of esters is 2. The maximum absolute atomic E-state index is 12.6. The second-order valence-electron chi connectivity index (χ2n) is 6.15. The van der Waals surface area contributed by atoms with E-state index < -0.39 is 41.2 Å². The standard InChI is InChI=1S/C19H16ClN3O7S/c1-2-29-18(25)15-12(21-19(26)22-16(15)14-4-3-7-31-14)9-30-17(24)11-6-5-10(20)8-13(11)23(27)28/h3-8,16H,2,9H2,1H3,(H2,21,22,26)/t16-/m1/s1. The zero-order valence-electron chi connectivity index (χ0n) is 16.0. The molecule has 0 unspecified atom stereocenters. The molecule has 0 aliphatic carbocycles. The molecule has 1 aliphatic heterocycles. The molecule has 12 heteroatoms. The molecule has 1 aromatic heterocycles. The maximum Gasteiger partial charge on any atom is 0.345 e. The van der Waals surface area contributed by atoms with Crippen LogP contribution in [0.1, 0.15) is 28.2 Å². The van der Waals surface area contributed by atoms with Crippen LogP contribution in [-0.4, -0.2) is 36.1 Å². The van der Waals surface area contributed by atoms with Crippen molar-refractivity contribution < 1.29 is 28.8 Å². The van der Waals surface area contributed by atoms with Crippen molar-refractivity contribution in [3.8, 4) is 0 Å². The van der Waals surface area contributed by atoms with Crippen LogP contribution in [0.25, 0.3) is 0 Å². The Morgan fingerprint density at radius 3 is 2.68 bits per heavy atom. The van der Waals surface area contributed by atoms with Crippen LogP contribution in [0.3, 0.4) is 0 Å². The van der Waals surface area contributed by atoms with Crippen molar-refractivity contribution in [2.45, 2.75) is 13.0 Å². The number of hydrogen-bond acceptors (Lipinski definition) is 8. The molecule has 10 nitrogen and oxygen atoms in total. The highest BCUT2D eigenvalue weighted by Gasteiger charge is 2.35. The van der Waals surface area contributed by atoms with Gasteiger partial charge in [0.2, 0.25) is 0 Å². The van der Waals surface area contributed by atoms with E-state index in [2.05, 4.69) is 10.6 Å². The predicted octanol–water partition coefficient (Wildman–Crippen LogP) is 3.34. The lowest BCUT2D eigenvalue weighted by molar-refractivity contribution is -0.385. The van der Waals surface area contributed by atoms with Gasteiger partial charge in [0, 0.05) is 16.0 Å².